The molecule has 0 aliphatic heterocycles. The molecule has 0 unspecified atom stereocenters. The lowest BCUT2D eigenvalue weighted by Gasteiger charge is -2.13. The minimum atomic E-state index is -0.490. The third kappa shape index (κ3) is 4.79. The third-order valence-corrected chi connectivity index (χ3v) is 7.00. The van der Waals surface area contributed by atoms with Crippen LogP contribution in [0.25, 0.3) is 10.9 Å². The summed E-state index contributed by atoms with van der Waals surface area (Å²) in [5.41, 5.74) is 3.84. The highest BCUT2D eigenvalue weighted by molar-refractivity contribution is 7.99. The Morgan fingerprint density at radius 1 is 0.971 bits per heavy atom. The summed E-state index contributed by atoms with van der Waals surface area (Å²) in [5.74, 6) is -0.886. The lowest BCUT2D eigenvalue weighted by molar-refractivity contribution is -0.119. The number of amides is 1. The number of nitrogens with zero attached hydrogens (tertiary/aromatic N) is 1. The van der Waals surface area contributed by atoms with Crippen molar-refractivity contribution in [2.45, 2.75) is 29.1 Å². The fourth-order valence-electron chi connectivity index (χ4n) is 4.12. The van der Waals surface area contributed by atoms with E-state index in [1.54, 1.807) is 0 Å². The average Bonchev–Trinajstić information content (AvgIpc) is 3.31. The second kappa shape index (κ2) is 9.87. The van der Waals surface area contributed by atoms with E-state index in [2.05, 4.69) is 5.32 Å². The summed E-state index contributed by atoms with van der Waals surface area (Å²) >= 11 is 7.48. The number of rotatable bonds is 6. The number of ether oxygens (including phenoxy) is 1. The van der Waals surface area contributed by atoms with E-state index in [4.69, 9.17) is 21.3 Å². The van der Waals surface area contributed by atoms with E-state index in [1.165, 1.54) is 11.8 Å². The zero-order valence-corrected chi connectivity index (χ0v) is 19.8. The summed E-state index contributed by atoms with van der Waals surface area (Å²) in [6, 6.07) is 22.5. The molecule has 1 N–H and O–H groups in total. The number of nitrogens with one attached hydrogen (secondary N) is 1. The first-order valence-corrected chi connectivity index (χ1v) is 12.2. The summed E-state index contributed by atoms with van der Waals surface area (Å²) in [7, 11) is 0. The van der Waals surface area contributed by atoms with Gasteiger partial charge in [0.1, 0.15) is 0 Å². The summed E-state index contributed by atoms with van der Waals surface area (Å²) in [6.45, 7) is -0.371. The minimum absolute atomic E-state index is 0.371. The van der Waals surface area contributed by atoms with Crippen molar-refractivity contribution in [3.05, 3.63) is 94.6 Å². The minimum Gasteiger partial charge on any atom is -0.452 e. The van der Waals surface area contributed by atoms with E-state index in [-0.39, 0.29) is 6.61 Å². The highest BCUT2D eigenvalue weighted by Gasteiger charge is 2.25. The van der Waals surface area contributed by atoms with E-state index >= 15 is 0 Å². The van der Waals surface area contributed by atoms with Crippen molar-refractivity contribution in [3.63, 3.8) is 0 Å². The molecular weight excluding hydrogens is 468 g/mol. The van der Waals surface area contributed by atoms with Gasteiger partial charge >= 0.3 is 5.97 Å². The van der Waals surface area contributed by atoms with E-state index < -0.39 is 11.9 Å². The highest BCUT2D eigenvalue weighted by atomic mass is 35.5. The number of pyridine rings is 1. The van der Waals surface area contributed by atoms with E-state index in [0.29, 0.717) is 16.3 Å². The van der Waals surface area contributed by atoms with Crippen LogP contribution < -0.4 is 5.32 Å². The van der Waals surface area contributed by atoms with Gasteiger partial charge in [-0.05, 0) is 67.3 Å². The number of hydrogen-bond acceptors (Lipinski definition) is 5. The number of fused-ring (bicyclic) bond motifs is 2. The number of halogens is 1. The Hall–Kier alpha value is -3.35. The van der Waals surface area contributed by atoms with Gasteiger partial charge in [-0.15, -0.1) is 0 Å². The maximum absolute atomic E-state index is 13.1. The number of aryl methyl sites for hydroxylation is 1. The molecule has 1 aliphatic carbocycles. The number of esters is 1. The first-order chi connectivity index (χ1) is 16.6. The van der Waals surface area contributed by atoms with Crippen LogP contribution in [-0.4, -0.2) is 23.5 Å². The fraction of sp³-hybridized carbons (Fsp3) is 0.148. The standard InChI is InChI=1S/C27H21ClN2O3S/c28-17-12-14-18(15-13-17)34-24-11-4-3-9-23(24)30-25(31)16-33-27(32)26-19-6-1-2-8-21(19)29-22-10-5-7-20(22)26/h1-4,6,8-9,11-15H,5,7,10,16H2,(H,30,31). The van der Waals surface area contributed by atoms with Gasteiger partial charge in [0.15, 0.2) is 6.61 Å². The van der Waals surface area contributed by atoms with Gasteiger partial charge in [-0.2, -0.15) is 0 Å². The Labute approximate surface area is 206 Å². The molecular formula is C27H21ClN2O3S. The Morgan fingerprint density at radius 2 is 1.74 bits per heavy atom. The van der Waals surface area contributed by atoms with Crippen LogP contribution >= 0.6 is 23.4 Å². The molecule has 3 aromatic carbocycles. The van der Waals surface area contributed by atoms with Gasteiger partial charge in [-0.25, -0.2) is 4.79 Å². The summed E-state index contributed by atoms with van der Waals surface area (Å²) in [6.07, 6.45) is 2.60. The molecule has 1 amide bonds. The molecule has 4 aromatic rings. The van der Waals surface area contributed by atoms with Crippen LogP contribution in [0, 0.1) is 0 Å². The molecule has 0 fully saturated rings. The quantitative estimate of drug-likeness (QED) is 0.321. The monoisotopic (exact) mass is 488 g/mol. The van der Waals surface area contributed by atoms with Crippen LogP contribution in [0.2, 0.25) is 5.02 Å². The van der Waals surface area contributed by atoms with Crippen LogP contribution in [0.5, 0.6) is 0 Å². The van der Waals surface area contributed by atoms with E-state index in [1.807, 2.05) is 72.8 Å². The number of carbonyl (C=O) groups excluding carboxylic acids is 2. The molecule has 170 valence electrons. The van der Waals surface area contributed by atoms with Crippen molar-refractivity contribution in [2.24, 2.45) is 0 Å². The van der Waals surface area contributed by atoms with Gasteiger partial charge < -0.3 is 10.1 Å². The molecule has 0 bridgehead atoms. The number of benzene rings is 3. The van der Waals surface area contributed by atoms with Crippen LogP contribution in [0.4, 0.5) is 5.69 Å². The smallest absolute Gasteiger partial charge is 0.339 e. The molecule has 7 heteroatoms. The molecule has 1 aromatic heterocycles. The highest BCUT2D eigenvalue weighted by Crippen LogP contribution is 2.34. The molecule has 0 saturated carbocycles. The van der Waals surface area contributed by atoms with E-state index in [0.717, 1.165) is 51.2 Å². The van der Waals surface area contributed by atoms with Crippen molar-refractivity contribution in [1.82, 2.24) is 4.98 Å². The lowest BCUT2D eigenvalue weighted by atomic mass is 10.0. The predicted octanol–water partition coefficient (Wildman–Crippen LogP) is 6.32. The predicted molar refractivity (Wildman–Crippen MR) is 135 cm³/mol. The Bertz CT molecular complexity index is 1390. The summed E-state index contributed by atoms with van der Waals surface area (Å²) < 4.78 is 5.47. The molecule has 0 radical (unpaired) electrons. The largest absolute Gasteiger partial charge is 0.452 e. The maximum Gasteiger partial charge on any atom is 0.339 e. The van der Waals surface area contributed by atoms with Gasteiger partial charge in [0.25, 0.3) is 5.91 Å². The Balaban J connectivity index is 1.29. The molecule has 1 aliphatic rings. The third-order valence-electron chi connectivity index (χ3n) is 5.66. The van der Waals surface area contributed by atoms with Crippen molar-refractivity contribution in [3.8, 4) is 0 Å². The fourth-order valence-corrected chi connectivity index (χ4v) is 5.15. The number of hydrogen-bond donors (Lipinski definition) is 1. The molecule has 0 spiro atoms. The Morgan fingerprint density at radius 3 is 2.59 bits per heavy atom. The average molecular weight is 489 g/mol. The van der Waals surface area contributed by atoms with Gasteiger partial charge in [0, 0.05) is 25.9 Å². The van der Waals surface area contributed by atoms with Gasteiger partial charge in [0.2, 0.25) is 0 Å². The molecule has 0 atom stereocenters. The molecule has 1 heterocycles. The Kier molecular flexibility index (Phi) is 6.52. The molecule has 34 heavy (non-hydrogen) atoms. The normalized spacial score (nSPS) is 12.4. The second-order valence-electron chi connectivity index (χ2n) is 7.96. The first kappa shape index (κ1) is 22.4. The maximum atomic E-state index is 13.1. The number of carbonyl (C=O) groups is 2. The van der Waals surface area contributed by atoms with Gasteiger partial charge in [-0.3, -0.25) is 9.78 Å². The lowest BCUT2D eigenvalue weighted by Crippen LogP contribution is -2.22. The number of anilines is 1. The zero-order valence-electron chi connectivity index (χ0n) is 18.2. The van der Waals surface area contributed by atoms with Gasteiger partial charge in [-0.1, -0.05) is 53.7 Å². The summed E-state index contributed by atoms with van der Waals surface area (Å²) in [4.78, 5) is 32.3. The number of para-hydroxylation sites is 2. The molecule has 5 rings (SSSR count). The van der Waals surface area contributed by atoms with Crippen molar-refractivity contribution >= 4 is 51.8 Å². The van der Waals surface area contributed by atoms with Crippen LogP contribution in [0.1, 0.15) is 28.0 Å². The van der Waals surface area contributed by atoms with Gasteiger partial charge in [0.05, 0.1) is 16.8 Å². The van der Waals surface area contributed by atoms with Crippen molar-refractivity contribution in [2.75, 3.05) is 11.9 Å². The van der Waals surface area contributed by atoms with Crippen molar-refractivity contribution in [1.29, 1.82) is 0 Å². The summed E-state index contributed by atoms with van der Waals surface area (Å²) in [5, 5.41) is 4.29. The zero-order chi connectivity index (χ0) is 23.5. The van der Waals surface area contributed by atoms with Crippen molar-refractivity contribution < 1.29 is 14.3 Å². The SMILES string of the molecule is O=C(COC(=O)c1c2c(nc3ccccc13)CCC2)Nc1ccccc1Sc1ccc(Cl)cc1. The molecule has 5 nitrogen and oxygen atoms in total. The van der Waals surface area contributed by atoms with E-state index in [9.17, 15) is 9.59 Å². The first-order valence-electron chi connectivity index (χ1n) is 11.0. The van der Waals surface area contributed by atoms with Crippen LogP contribution in [0.15, 0.2) is 82.6 Å². The van der Waals surface area contributed by atoms with Crippen LogP contribution in [0.3, 0.4) is 0 Å². The second-order valence-corrected chi connectivity index (χ2v) is 9.51. The van der Waals surface area contributed by atoms with Crippen LogP contribution in [-0.2, 0) is 22.4 Å². The number of aromatic nitrogens is 1. The molecule has 0 saturated heterocycles. The topological polar surface area (TPSA) is 68.3 Å².